The average molecular weight is 252 g/mol. The molecule has 1 amide bonds. The highest BCUT2D eigenvalue weighted by Gasteiger charge is 2.34. The second-order valence-corrected chi connectivity index (χ2v) is 6.72. The molecule has 0 aliphatic heterocycles. The van der Waals surface area contributed by atoms with E-state index in [0.717, 1.165) is 0 Å². The number of hydrogen-bond donors (Lipinski definition) is 2. The Morgan fingerprint density at radius 3 is 2.44 bits per heavy atom. The molecule has 2 fully saturated rings. The van der Waals surface area contributed by atoms with Gasteiger partial charge in [0.25, 0.3) is 0 Å². The summed E-state index contributed by atoms with van der Waals surface area (Å²) in [4.78, 5) is 11.9. The fourth-order valence-electron chi connectivity index (χ4n) is 3.45. The number of amides is 1. The lowest BCUT2D eigenvalue weighted by atomic mass is 9.87. The second kappa shape index (κ2) is 6.05. The molecule has 3 heteroatoms. The standard InChI is InChI=1S/C15H28N2O/c1-15(2)10-6-9-13(15)16-11-14(18)17-12-7-4-3-5-8-12/h12-13,16H,3-11H2,1-2H3,(H,17,18). The number of carbonyl (C=O) groups excluding carboxylic acids is 1. The van der Waals surface area contributed by atoms with E-state index in [4.69, 9.17) is 0 Å². The van der Waals surface area contributed by atoms with Crippen molar-refractivity contribution in [3.63, 3.8) is 0 Å². The predicted molar refractivity (Wildman–Crippen MR) is 74.4 cm³/mol. The summed E-state index contributed by atoms with van der Waals surface area (Å²) in [6.45, 7) is 5.10. The molecule has 2 aliphatic rings. The van der Waals surface area contributed by atoms with E-state index in [-0.39, 0.29) is 5.91 Å². The van der Waals surface area contributed by atoms with E-state index in [1.54, 1.807) is 0 Å². The fraction of sp³-hybridized carbons (Fsp3) is 0.933. The normalized spacial score (nSPS) is 28.2. The van der Waals surface area contributed by atoms with Crippen molar-refractivity contribution < 1.29 is 4.79 Å². The lowest BCUT2D eigenvalue weighted by Crippen LogP contribution is -2.46. The van der Waals surface area contributed by atoms with Crippen LogP contribution in [0.25, 0.3) is 0 Å². The van der Waals surface area contributed by atoms with Crippen molar-refractivity contribution in [2.24, 2.45) is 5.41 Å². The Morgan fingerprint density at radius 1 is 1.11 bits per heavy atom. The summed E-state index contributed by atoms with van der Waals surface area (Å²) in [5, 5.41) is 6.62. The van der Waals surface area contributed by atoms with Gasteiger partial charge in [-0.2, -0.15) is 0 Å². The minimum atomic E-state index is 0.185. The largest absolute Gasteiger partial charge is 0.352 e. The van der Waals surface area contributed by atoms with Crippen molar-refractivity contribution in [2.75, 3.05) is 6.54 Å². The molecule has 0 bridgehead atoms. The zero-order valence-corrected chi connectivity index (χ0v) is 11.9. The van der Waals surface area contributed by atoms with Crippen molar-refractivity contribution >= 4 is 5.91 Å². The average Bonchev–Trinajstić information content (AvgIpc) is 2.67. The highest BCUT2D eigenvalue weighted by Crippen LogP contribution is 2.36. The Kier molecular flexibility index (Phi) is 4.66. The molecule has 2 aliphatic carbocycles. The molecule has 0 aromatic rings. The Balaban J connectivity index is 1.68. The Morgan fingerprint density at radius 2 is 1.83 bits per heavy atom. The van der Waals surface area contributed by atoms with Crippen LogP contribution >= 0.6 is 0 Å². The van der Waals surface area contributed by atoms with Gasteiger partial charge in [0, 0.05) is 12.1 Å². The molecular formula is C15H28N2O. The second-order valence-electron chi connectivity index (χ2n) is 6.72. The van der Waals surface area contributed by atoms with Crippen molar-refractivity contribution in [3.05, 3.63) is 0 Å². The highest BCUT2D eigenvalue weighted by atomic mass is 16.1. The van der Waals surface area contributed by atoms with Crippen molar-refractivity contribution in [3.8, 4) is 0 Å². The molecule has 2 N–H and O–H groups in total. The van der Waals surface area contributed by atoms with Crippen molar-refractivity contribution in [1.82, 2.24) is 10.6 Å². The highest BCUT2D eigenvalue weighted by molar-refractivity contribution is 5.78. The zero-order valence-electron chi connectivity index (χ0n) is 11.9. The third kappa shape index (κ3) is 3.71. The minimum absolute atomic E-state index is 0.185. The topological polar surface area (TPSA) is 41.1 Å². The summed E-state index contributed by atoms with van der Waals surface area (Å²) < 4.78 is 0. The van der Waals surface area contributed by atoms with Crippen LogP contribution in [0.1, 0.15) is 65.2 Å². The van der Waals surface area contributed by atoms with Crippen LogP contribution in [0.4, 0.5) is 0 Å². The van der Waals surface area contributed by atoms with E-state index in [2.05, 4.69) is 24.5 Å². The molecule has 0 radical (unpaired) electrons. The molecule has 104 valence electrons. The van der Waals surface area contributed by atoms with E-state index in [1.807, 2.05) is 0 Å². The maximum Gasteiger partial charge on any atom is 0.234 e. The SMILES string of the molecule is CC1(C)CCCC1NCC(=O)NC1CCCCC1. The van der Waals surface area contributed by atoms with E-state index < -0.39 is 0 Å². The van der Waals surface area contributed by atoms with E-state index >= 15 is 0 Å². The Labute approximate surface area is 111 Å². The van der Waals surface area contributed by atoms with Gasteiger partial charge in [-0.05, 0) is 31.1 Å². The molecule has 1 atom stereocenters. The smallest absolute Gasteiger partial charge is 0.234 e. The van der Waals surface area contributed by atoms with Crippen LogP contribution in [0, 0.1) is 5.41 Å². The molecule has 0 aromatic heterocycles. The number of carbonyl (C=O) groups is 1. The predicted octanol–water partition coefficient (Wildman–Crippen LogP) is 2.60. The van der Waals surface area contributed by atoms with Crippen LogP contribution in [-0.2, 0) is 4.79 Å². The quantitative estimate of drug-likeness (QED) is 0.807. The molecule has 0 spiro atoms. The van der Waals surface area contributed by atoms with Crippen LogP contribution in [0.5, 0.6) is 0 Å². The van der Waals surface area contributed by atoms with E-state index in [1.165, 1.54) is 51.4 Å². The Bertz CT molecular complexity index is 282. The van der Waals surface area contributed by atoms with E-state index in [0.29, 0.717) is 24.0 Å². The molecule has 0 heterocycles. The molecular weight excluding hydrogens is 224 g/mol. The van der Waals surface area contributed by atoms with Crippen molar-refractivity contribution in [1.29, 1.82) is 0 Å². The molecule has 1 unspecified atom stereocenters. The van der Waals surface area contributed by atoms with Crippen molar-refractivity contribution in [2.45, 2.75) is 77.3 Å². The first-order chi connectivity index (χ1) is 8.58. The van der Waals surface area contributed by atoms with Gasteiger partial charge in [0.15, 0.2) is 0 Å². The van der Waals surface area contributed by atoms with Crippen LogP contribution in [0.15, 0.2) is 0 Å². The summed E-state index contributed by atoms with van der Waals surface area (Å²) in [5.74, 6) is 0.185. The first-order valence-corrected chi connectivity index (χ1v) is 7.61. The third-order valence-corrected chi connectivity index (χ3v) is 4.74. The van der Waals surface area contributed by atoms with Gasteiger partial charge in [0.2, 0.25) is 5.91 Å². The minimum Gasteiger partial charge on any atom is -0.352 e. The van der Waals surface area contributed by atoms with Crippen LogP contribution in [0.3, 0.4) is 0 Å². The van der Waals surface area contributed by atoms with Gasteiger partial charge in [-0.1, -0.05) is 39.5 Å². The van der Waals surface area contributed by atoms with Gasteiger partial charge in [-0.15, -0.1) is 0 Å². The summed E-state index contributed by atoms with van der Waals surface area (Å²) in [5.41, 5.74) is 0.352. The molecule has 3 nitrogen and oxygen atoms in total. The van der Waals surface area contributed by atoms with E-state index in [9.17, 15) is 4.79 Å². The fourth-order valence-corrected chi connectivity index (χ4v) is 3.45. The van der Waals surface area contributed by atoms with Crippen LogP contribution in [-0.4, -0.2) is 24.5 Å². The molecule has 2 saturated carbocycles. The van der Waals surface area contributed by atoms with Crippen LogP contribution in [0.2, 0.25) is 0 Å². The molecule has 2 rings (SSSR count). The van der Waals surface area contributed by atoms with Crippen LogP contribution < -0.4 is 10.6 Å². The first-order valence-electron chi connectivity index (χ1n) is 7.61. The molecule has 0 saturated heterocycles. The summed E-state index contributed by atoms with van der Waals surface area (Å²) in [7, 11) is 0. The van der Waals surface area contributed by atoms with Gasteiger partial charge in [-0.3, -0.25) is 4.79 Å². The monoisotopic (exact) mass is 252 g/mol. The lowest BCUT2D eigenvalue weighted by Gasteiger charge is -2.28. The third-order valence-electron chi connectivity index (χ3n) is 4.74. The molecule has 18 heavy (non-hydrogen) atoms. The summed E-state index contributed by atoms with van der Waals surface area (Å²) >= 11 is 0. The zero-order chi connectivity index (χ0) is 13.0. The van der Waals surface area contributed by atoms with Gasteiger partial charge >= 0.3 is 0 Å². The lowest BCUT2D eigenvalue weighted by molar-refractivity contribution is -0.121. The van der Waals surface area contributed by atoms with Gasteiger partial charge < -0.3 is 10.6 Å². The number of hydrogen-bond acceptors (Lipinski definition) is 2. The molecule has 0 aromatic carbocycles. The summed E-state index contributed by atoms with van der Waals surface area (Å²) in [6, 6.07) is 0.944. The number of rotatable bonds is 4. The maximum absolute atomic E-state index is 11.9. The summed E-state index contributed by atoms with van der Waals surface area (Å²) in [6.07, 6.45) is 9.98. The Hall–Kier alpha value is -0.570. The maximum atomic E-state index is 11.9. The number of nitrogens with one attached hydrogen (secondary N) is 2. The first kappa shape index (κ1) is 13.9. The van der Waals surface area contributed by atoms with Gasteiger partial charge in [-0.25, -0.2) is 0 Å². The van der Waals surface area contributed by atoms with Gasteiger partial charge in [0.1, 0.15) is 0 Å². The van der Waals surface area contributed by atoms with Gasteiger partial charge in [0.05, 0.1) is 6.54 Å².